The summed E-state index contributed by atoms with van der Waals surface area (Å²) in [7, 11) is 0. The first-order valence-corrected chi connectivity index (χ1v) is 6.56. The molecule has 96 valence electrons. The fraction of sp³-hybridized carbons (Fsp3) is 0.600. The summed E-state index contributed by atoms with van der Waals surface area (Å²) in [6, 6.07) is 7.06. The van der Waals surface area contributed by atoms with E-state index >= 15 is 0 Å². The summed E-state index contributed by atoms with van der Waals surface area (Å²) in [6.45, 7) is 7.84. The zero-order valence-corrected chi connectivity index (χ0v) is 11.3. The highest BCUT2D eigenvalue weighted by atomic mass is 16.2. The maximum atomic E-state index is 8.69. The molecule has 0 heterocycles. The molecule has 0 saturated heterocycles. The number of hydrogen-bond donors (Lipinski definition) is 2. The van der Waals surface area contributed by atoms with Crippen molar-refractivity contribution in [3.63, 3.8) is 0 Å². The molecule has 1 rings (SSSR count). The smallest absolute Gasteiger partial charge is 0.0431 e. The summed E-state index contributed by atoms with van der Waals surface area (Å²) in [5.41, 5.74) is 4.07. The molecule has 0 aromatic heterocycles. The Morgan fingerprint density at radius 3 is 2.53 bits per heavy atom. The molecule has 1 aromatic carbocycles. The molecule has 0 spiro atoms. The molecule has 0 aliphatic rings. The predicted molar refractivity (Wildman–Crippen MR) is 73.3 cm³/mol. The predicted octanol–water partition coefficient (Wildman–Crippen LogP) is 3.12. The van der Waals surface area contributed by atoms with Gasteiger partial charge in [-0.05, 0) is 63.3 Å². The van der Waals surface area contributed by atoms with Crippen molar-refractivity contribution in [1.29, 1.82) is 0 Å². The first-order valence-electron chi connectivity index (χ1n) is 6.56. The van der Waals surface area contributed by atoms with Gasteiger partial charge in [0.2, 0.25) is 0 Å². The van der Waals surface area contributed by atoms with Crippen LogP contribution in [-0.4, -0.2) is 18.3 Å². The van der Waals surface area contributed by atoms with Gasteiger partial charge in [-0.15, -0.1) is 0 Å². The number of hydrogen-bond acceptors (Lipinski definition) is 2. The standard InChI is InChI=1S/C15H25NO/c1-12-7-8-15(11-13(12)2)14(3)16-9-5-4-6-10-17/h7-8,11,14,16-17H,4-6,9-10H2,1-3H3. The van der Waals surface area contributed by atoms with E-state index in [0.29, 0.717) is 12.6 Å². The number of rotatable bonds is 7. The van der Waals surface area contributed by atoms with Crippen LogP contribution in [0.25, 0.3) is 0 Å². The average Bonchev–Trinajstić information content (AvgIpc) is 2.32. The van der Waals surface area contributed by atoms with Crippen LogP contribution in [0.15, 0.2) is 18.2 Å². The van der Waals surface area contributed by atoms with Crippen LogP contribution < -0.4 is 5.32 Å². The molecule has 1 unspecified atom stereocenters. The zero-order valence-electron chi connectivity index (χ0n) is 11.3. The Labute approximate surface area is 105 Å². The van der Waals surface area contributed by atoms with Crippen molar-refractivity contribution < 1.29 is 5.11 Å². The summed E-state index contributed by atoms with van der Waals surface area (Å²) in [6.07, 6.45) is 3.15. The SMILES string of the molecule is Cc1ccc(C(C)NCCCCCO)cc1C. The number of unbranched alkanes of at least 4 members (excludes halogenated alkanes) is 2. The van der Waals surface area contributed by atoms with Gasteiger partial charge in [0.15, 0.2) is 0 Å². The van der Waals surface area contributed by atoms with Gasteiger partial charge in [0.1, 0.15) is 0 Å². The first-order chi connectivity index (χ1) is 8.15. The molecule has 0 fully saturated rings. The summed E-state index contributed by atoms with van der Waals surface area (Å²) in [4.78, 5) is 0. The van der Waals surface area contributed by atoms with Gasteiger partial charge in [-0.3, -0.25) is 0 Å². The van der Waals surface area contributed by atoms with Gasteiger partial charge < -0.3 is 10.4 Å². The molecule has 0 amide bonds. The number of aliphatic hydroxyl groups excluding tert-OH is 1. The van der Waals surface area contributed by atoms with Crippen molar-refractivity contribution in [1.82, 2.24) is 5.32 Å². The second-order valence-electron chi connectivity index (χ2n) is 4.80. The maximum absolute atomic E-state index is 8.69. The van der Waals surface area contributed by atoms with Gasteiger partial charge in [0.05, 0.1) is 0 Å². The average molecular weight is 235 g/mol. The van der Waals surface area contributed by atoms with Crippen LogP contribution in [0.5, 0.6) is 0 Å². The number of aryl methyl sites for hydroxylation is 2. The number of benzene rings is 1. The number of aliphatic hydroxyl groups is 1. The molecule has 1 atom stereocenters. The Balaban J connectivity index is 2.36. The van der Waals surface area contributed by atoms with Crippen LogP contribution in [0.3, 0.4) is 0 Å². The Morgan fingerprint density at radius 2 is 1.88 bits per heavy atom. The second-order valence-corrected chi connectivity index (χ2v) is 4.80. The van der Waals surface area contributed by atoms with E-state index in [1.54, 1.807) is 0 Å². The second kappa shape index (κ2) is 7.46. The molecule has 2 nitrogen and oxygen atoms in total. The topological polar surface area (TPSA) is 32.3 Å². The minimum absolute atomic E-state index is 0.312. The molecule has 0 saturated carbocycles. The number of nitrogens with one attached hydrogen (secondary N) is 1. The van der Waals surface area contributed by atoms with E-state index in [-0.39, 0.29) is 0 Å². The van der Waals surface area contributed by atoms with E-state index in [1.165, 1.54) is 16.7 Å². The van der Waals surface area contributed by atoms with Gasteiger partial charge >= 0.3 is 0 Å². The van der Waals surface area contributed by atoms with Crippen molar-refractivity contribution >= 4 is 0 Å². The lowest BCUT2D eigenvalue weighted by molar-refractivity contribution is 0.282. The highest BCUT2D eigenvalue weighted by Gasteiger charge is 2.05. The molecular weight excluding hydrogens is 210 g/mol. The van der Waals surface area contributed by atoms with E-state index in [0.717, 1.165) is 25.8 Å². The third kappa shape index (κ3) is 4.88. The normalized spacial score (nSPS) is 12.7. The summed E-state index contributed by atoms with van der Waals surface area (Å²) >= 11 is 0. The highest BCUT2D eigenvalue weighted by molar-refractivity contribution is 5.31. The lowest BCUT2D eigenvalue weighted by Gasteiger charge is -2.15. The lowest BCUT2D eigenvalue weighted by atomic mass is 10.0. The summed E-state index contributed by atoms with van der Waals surface area (Å²) < 4.78 is 0. The van der Waals surface area contributed by atoms with Crippen molar-refractivity contribution in [2.45, 2.75) is 46.1 Å². The Kier molecular flexibility index (Phi) is 6.23. The van der Waals surface area contributed by atoms with Crippen LogP contribution in [0, 0.1) is 13.8 Å². The van der Waals surface area contributed by atoms with Gasteiger partial charge in [-0.2, -0.15) is 0 Å². The van der Waals surface area contributed by atoms with E-state index in [2.05, 4.69) is 44.3 Å². The van der Waals surface area contributed by atoms with E-state index in [1.807, 2.05) is 0 Å². The molecular formula is C15H25NO. The molecule has 2 N–H and O–H groups in total. The van der Waals surface area contributed by atoms with Crippen molar-refractivity contribution in [2.75, 3.05) is 13.2 Å². The van der Waals surface area contributed by atoms with Crippen LogP contribution in [0.4, 0.5) is 0 Å². The van der Waals surface area contributed by atoms with E-state index in [4.69, 9.17) is 5.11 Å². The Morgan fingerprint density at radius 1 is 1.12 bits per heavy atom. The van der Waals surface area contributed by atoms with Crippen molar-refractivity contribution in [3.05, 3.63) is 34.9 Å². The summed E-state index contributed by atoms with van der Waals surface area (Å²) in [5.74, 6) is 0. The van der Waals surface area contributed by atoms with Crippen LogP contribution in [-0.2, 0) is 0 Å². The van der Waals surface area contributed by atoms with E-state index < -0.39 is 0 Å². The minimum atomic E-state index is 0.312. The fourth-order valence-corrected chi connectivity index (χ4v) is 1.88. The first kappa shape index (κ1) is 14.2. The largest absolute Gasteiger partial charge is 0.396 e. The van der Waals surface area contributed by atoms with Crippen LogP contribution in [0.1, 0.15) is 48.9 Å². The third-order valence-corrected chi connectivity index (χ3v) is 3.32. The van der Waals surface area contributed by atoms with Gasteiger partial charge in [-0.1, -0.05) is 18.2 Å². The molecule has 0 aliphatic carbocycles. The minimum Gasteiger partial charge on any atom is -0.396 e. The molecule has 1 aromatic rings. The van der Waals surface area contributed by atoms with Gasteiger partial charge in [0.25, 0.3) is 0 Å². The zero-order chi connectivity index (χ0) is 12.7. The highest BCUT2D eigenvalue weighted by Crippen LogP contribution is 2.16. The van der Waals surface area contributed by atoms with Crippen molar-refractivity contribution in [3.8, 4) is 0 Å². The Hall–Kier alpha value is -0.860. The Bertz CT molecular complexity index is 336. The van der Waals surface area contributed by atoms with Crippen molar-refractivity contribution in [2.24, 2.45) is 0 Å². The lowest BCUT2D eigenvalue weighted by Crippen LogP contribution is -2.20. The van der Waals surface area contributed by atoms with Crippen LogP contribution >= 0.6 is 0 Å². The maximum Gasteiger partial charge on any atom is 0.0431 e. The van der Waals surface area contributed by atoms with Gasteiger partial charge in [0, 0.05) is 12.6 Å². The quantitative estimate of drug-likeness (QED) is 0.712. The molecule has 0 bridgehead atoms. The fourth-order valence-electron chi connectivity index (χ4n) is 1.88. The molecule has 0 radical (unpaired) electrons. The van der Waals surface area contributed by atoms with E-state index in [9.17, 15) is 0 Å². The van der Waals surface area contributed by atoms with Gasteiger partial charge in [-0.25, -0.2) is 0 Å². The third-order valence-electron chi connectivity index (χ3n) is 3.32. The molecule has 0 aliphatic heterocycles. The molecule has 2 heteroatoms. The summed E-state index contributed by atoms with van der Waals surface area (Å²) in [5, 5.41) is 12.2. The van der Waals surface area contributed by atoms with Crippen LogP contribution in [0.2, 0.25) is 0 Å². The monoisotopic (exact) mass is 235 g/mol. The molecule has 17 heavy (non-hydrogen) atoms.